The first kappa shape index (κ1) is 20.8. The first-order valence-electron chi connectivity index (χ1n) is 11.2. The van der Waals surface area contributed by atoms with E-state index in [9.17, 15) is 4.39 Å². The Labute approximate surface area is 164 Å². The summed E-state index contributed by atoms with van der Waals surface area (Å²) < 4.78 is 24.8. The molecule has 2 aliphatic rings. The summed E-state index contributed by atoms with van der Waals surface area (Å²) in [5, 5.41) is 0. The van der Waals surface area contributed by atoms with Crippen LogP contribution in [0.15, 0.2) is 24.3 Å². The van der Waals surface area contributed by atoms with Crippen LogP contribution in [0.4, 0.5) is 4.39 Å². The SMILES string of the molecule is CCCCCC[C@H]1CC[C@H](CC[C@H]2CO[C@H](c3ccc(F)cc3)OC2)CC1. The minimum Gasteiger partial charge on any atom is -0.348 e. The maximum Gasteiger partial charge on any atom is 0.183 e. The van der Waals surface area contributed by atoms with E-state index in [-0.39, 0.29) is 12.1 Å². The van der Waals surface area contributed by atoms with Crippen LogP contribution >= 0.6 is 0 Å². The van der Waals surface area contributed by atoms with Gasteiger partial charge in [0, 0.05) is 11.5 Å². The van der Waals surface area contributed by atoms with Gasteiger partial charge in [0.25, 0.3) is 0 Å². The van der Waals surface area contributed by atoms with E-state index in [1.807, 2.05) is 0 Å². The molecule has 1 saturated carbocycles. The Hall–Kier alpha value is -0.930. The number of ether oxygens (including phenoxy) is 2. The topological polar surface area (TPSA) is 18.5 Å². The van der Waals surface area contributed by atoms with Crippen LogP contribution in [0.1, 0.15) is 89.4 Å². The minimum absolute atomic E-state index is 0.219. The lowest BCUT2D eigenvalue weighted by atomic mass is 9.77. The molecule has 152 valence electrons. The standard InChI is InChI=1S/C24H37FO2/c1-2-3-4-5-6-19-7-9-20(10-8-19)11-12-21-17-26-24(27-18-21)22-13-15-23(25)16-14-22/h13-16,19-21,24H,2-12,17-18H2,1H3/t19-,20-,21-,24-. The average molecular weight is 377 g/mol. The third-order valence-corrected chi connectivity index (χ3v) is 6.52. The van der Waals surface area contributed by atoms with Gasteiger partial charge in [0.15, 0.2) is 6.29 Å². The lowest BCUT2D eigenvalue weighted by Crippen LogP contribution is -2.28. The second kappa shape index (κ2) is 11.2. The fourth-order valence-electron chi connectivity index (χ4n) is 4.66. The van der Waals surface area contributed by atoms with Gasteiger partial charge >= 0.3 is 0 Å². The van der Waals surface area contributed by atoms with Crippen LogP contribution in [-0.2, 0) is 9.47 Å². The van der Waals surface area contributed by atoms with E-state index < -0.39 is 0 Å². The van der Waals surface area contributed by atoms with Gasteiger partial charge in [-0.05, 0) is 30.4 Å². The molecule has 3 heteroatoms. The highest BCUT2D eigenvalue weighted by atomic mass is 19.1. The Kier molecular flexibility index (Phi) is 8.60. The molecule has 0 spiro atoms. The van der Waals surface area contributed by atoms with Crippen LogP contribution in [0.25, 0.3) is 0 Å². The van der Waals surface area contributed by atoms with Crippen LogP contribution in [0.5, 0.6) is 0 Å². The molecule has 0 N–H and O–H groups in total. The molecule has 1 saturated heterocycles. The highest BCUT2D eigenvalue weighted by Gasteiger charge is 2.26. The predicted molar refractivity (Wildman–Crippen MR) is 108 cm³/mol. The molecular weight excluding hydrogens is 339 g/mol. The van der Waals surface area contributed by atoms with Crippen molar-refractivity contribution < 1.29 is 13.9 Å². The molecule has 3 rings (SSSR count). The Bertz CT molecular complexity index is 514. The summed E-state index contributed by atoms with van der Waals surface area (Å²) in [5.74, 6) is 2.19. The van der Waals surface area contributed by atoms with Gasteiger partial charge in [0.2, 0.25) is 0 Å². The van der Waals surface area contributed by atoms with Crippen molar-refractivity contribution >= 4 is 0 Å². The molecule has 1 aliphatic carbocycles. The number of hydrogen-bond acceptors (Lipinski definition) is 2. The van der Waals surface area contributed by atoms with Crippen LogP contribution in [0.2, 0.25) is 0 Å². The van der Waals surface area contributed by atoms with E-state index in [0.29, 0.717) is 5.92 Å². The molecule has 2 fully saturated rings. The molecule has 0 aromatic heterocycles. The van der Waals surface area contributed by atoms with Gasteiger partial charge in [-0.3, -0.25) is 0 Å². The zero-order valence-electron chi connectivity index (χ0n) is 17.0. The summed E-state index contributed by atoms with van der Waals surface area (Å²) in [5.41, 5.74) is 0.909. The molecule has 1 aromatic rings. The van der Waals surface area contributed by atoms with Gasteiger partial charge in [0.05, 0.1) is 13.2 Å². The van der Waals surface area contributed by atoms with Crippen molar-refractivity contribution in [2.75, 3.05) is 13.2 Å². The quantitative estimate of drug-likeness (QED) is 0.430. The summed E-state index contributed by atoms with van der Waals surface area (Å²) >= 11 is 0. The summed E-state index contributed by atoms with van der Waals surface area (Å²) in [4.78, 5) is 0. The summed E-state index contributed by atoms with van der Waals surface area (Å²) in [7, 11) is 0. The lowest BCUT2D eigenvalue weighted by Gasteiger charge is -2.32. The molecule has 2 nitrogen and oxygen atoms in total. The first-order valence-corrected chi connectivity index (χ1v) is 11.2. The Morgan fingerprint density at radius 2 is 1.37 bits per heavy atom. The van der Waals surface area contributed by atoms with Gasteiger partial charge < -0.3 is 9.47 Å². The van der Waals surface area contributed by atoms with E-state index in [2.05, 4.69) is 6.92 Å². The molecule has 1 heterocycles. The maximum absolute atomic E-state index is 13.0. The van der Waals surface area contributed by atoms with Gasteiger partial charge in [-0.25, -0.2) is 4.39 Å². The van der Waals surface area contributed by atoms with Gasteiger partial charge in [0.1, 0.15) is 5.82 Å². The molecular formula is C24H37FO2. The van der Waals surface area contributed by atoms with Crippen molar-refractivity contribution in [2.45, 2.75) is 83.8 Å². The van der Waals surface area contributed by atoms with Crippen molar-refractivity contribution in [1.29, 1.82) is 0 Å². The summed E-state index contributed by atoms with van der Waals surface area (Å²) in [6.45, 7) is 3.81. The van der Waals surface area contributed by atoms with E-state index in [1.54, 1.807) is 12.1 Å². The fourth-order valence-corrected chi connectivity index (χ4v) is 4.66. The minimum atomic E-state index is -0.329. The molecule has 0 unspecified atom stereocenters. The van der Waals surface area contributed by atoms with Gasteiger partial charge in [-0.2, -0.15) is 0 Å². The number of halogens is 1. The van der Waals surface area contributed by atoms with Crippen LogP contribution in [0.3, 0.4) is 0 Å². The highest BCUT2D eigenvalue weighted by molar-refractivity contribution is 5.17. The second-order valence-corrected chi connectivity index (χ2v) is 8.73. The number of rotatable bonds is 9. The van der Waals surface area contributed by atoms with Crippen molar-refractivity contribution in [1.82, 2.24) is 0 Å². The monoisotopic (exact) mass is 376 g/mol. The van der Waals surface area contributed by atoms with E-state index >= 15 is 0 Å². The number of unbranched alkanes of at least 4 members (excludes halogenated alkanes) is 3. The van der Waals surface area contributed by atoms with E-state index in [0.717, 1.165) is 30.6 Å². The average Bonchev–Trinajstić information content (AvgIpc) is 2.72. The second-order valence-electron chi connectivity index (χ2n) is 8.73. The largest absolute Gasteiger partial charge is 0.348 e. The zero-order chi connectivity index (χ0) is 18.9. The third-order valence-electron chi connectivity index (χ3n) is 6.52. The molecule has 0 amide bonds. The first-order chi connectivity index (χ1) is 13.2. The molecule has 0 atom stereocenters. The predicted octanol–water partition coefficient (Wildman–Crippen LogP) is 7.04. The van der Waals surface area contributed by atoms with Crippen molar-refractivity contribution in [2.24, 2.45) is 17.8 Å². The van der Waals surface area contributed by atoms with Crippen molar-refractivity contribution in [3.05, 3.63) is 35.6 Å². The van der Waals surface area contributed by atoms with Crippen LogP contribution in [-0.4, -0.2) is 13.2 Å². The lowest BCUT2D eigenvalue weighted by molar-refractivity contribution is -0.206. The van der Waals surface area contributed by atoms with Gasteiger partial charge in [-0.15, -0.1) is 0 Å². The molecule has 0 bridgehead atoms. The summed E-state index contributed by atoms with van der Waals surface area (Å²) in [6.07, 6.45) is 15.0. The number of hydrogen-bond donors (Lipinski definition) is 0. The Morgan fingerprint density at radius 3 is 2.00 bits per heavy atom. The Morgan fingerprint density at radius 1 is 0.778 bits per heavy atom. The van der Waals surface area contributed by atoms with Crippen molar-refractivity contribution in [3.8, 4) is 0 Å². The van der Waals surface area contributed by atoms with E-state index in [4.69, 9.17) is 9.47 Å². The maximum atomic E-state index is 13.0. The Balaban J connectivity index is 1.28. The van der Waals surface area contributed by atoms with Crippen LogP contribution < -0.4 is 0 Å². The molecule has 1 aliphatic heterocycles. The van der Waals surface area contributed by atoms with E-state index in [1.165, 1.54) is 82.8 Å². The molecule has 1 aromatic carbocycles. The molecule has 27 heavy (non-hydrogen) atoms. The number of benzene rings is 1. The summed E-state index contributed by atoms with van der Waals surface area (Å²) in [6, 6.07) is 6.44. The third kappa shape index (κ3) is 6.87. The van der Waals surface area contributed by atoms with Crippen LogP contribution in [0, 0.1) is 23.6 Å². The van der Waals surface area contributed by atoms with Gasteiger partial charge in [-0.1, -0.05) is 83.3 Å². The molecule has 0 radical (unpaired) electrons. The normalized spacial score (nSPS) is 29.0. The highest BCUT2D eigenvalue weighted by Crippen LogP contribution is 2.36. The van der Waals surface area contributed by atoms with Crippen molar-refractivity contribution in [3.63, 3.8) is 0 Å². The zero-order valence-corrected chi connectivity index (χ0v) is 17.0. The fraction of sp³-hybridized carbons (Fsp3) is 0.750. The smallest absolute Gasteiger partial charge is 0.183 e.